The van der Waals surface area contributed by atoms with Crippen LogP contribution < -0.4 is 5.32 Å². The fourth-order valence-electron chi connectivity index (χ4n) is 3.23. The van der Waals surface area contributed by atoms with E-state index in [-0.39, 0.29) is 11.8 Å². The molecule has 2 atom stereocenters. The molecule has 1 saturated carbocycles. The summed E-state index contributed by atoms with van der Waals surface area (Å²) >= 11 is 3.43. The predicted molar refractivity (Wildman–Crippen MR) is 80.8 cm³/mol. The van der Waals surface area contributed by atoms with Crippen molar-refractivity contribution < 1.29 is 4.79 Å². The van der Waals surface area contributed by atoms with Gasteiger partial charge in [-0.25, -0.2) is 0 Å². The zero-order chi connectivity index (χ0) is 13.2. The number of carbonyl (C=O) groups is 1. The second-order valence-electron chi connectivity index (χ2n) is 5.48. The highest BCUT2D eigenvalue weighted by molar-refractivity contribution is 9.10. The zero-order valence-electron chi connectivity index (χ0n) is 10.8. The minimum Gasteiger partial charge on any atom is -0.326 e. The van der Waals surface area contributed by atoms with E-state index in [0.29, 0.717) is 11.8 Å². The van der Waals surface area contributed by atoms with E-state index in [4.69, 9.17) is 0 Å². The fraction of sp³-hybridized carbons (Fsp3) is 0.438. The second kappa shape index (κ2) is 5.49. The molecule has 1 amide bonds. The van der Waals surface area contributed by atoms with Gasteiger partial charge in [0, 0.05) is 16.1 Å². The van der Waals surface area contributed by atoms with Crippen LogP contribution in [0.25, 0.3) is 0 Å². The van der Waals surface area contributed by atoms with Gasteiger partial charge in [0.25, 0.3) is 0 Å². The van der Waals surface area contributed by atoms with Gasteiger partial charge in [-0.15, -0.1) is 0 Å². The number of anilines is 1. The molecule has 3 heteroatoms. The Morgan fingerprint density at radius 3 is 2.47 bits per heavy atom. The van der Waals surface area contributed by atoms with Crippen molar-refractivity contribution in [2.75, 3.05) is 5.32 Å². The number of halogens is 1. The topological polar surface area (TPSA) is 29.1 Å². The van der Waals surface area contributed by atoms with Crippen LogP contribution in [-0.4, -0.2) is 5.91 Å². The van der Waals surface area contributed by atoms with Crippen LogP contribution >= 0.6 is 15.9 Å². The molecule has 0 heterocycles. The molecule has 1 N–H and O–H groups in total. The summed E-state index contributed by atoms with van der Waals surface area (Å²) in [5.41, 5.74) is 0.886. The van der Waals surface area contributed by atoms with E-state index in [1.54, 1.807) is 0 Å². The maximum Gasteiger partial charge on any atom is 0.228 e. The van der Waals surface area contributed by atoms with Crippen molar-refractivity contribution in [3.63, 3.8) is 0 Å². The zero-order valence-corrected chi connectivity index (χ0v) is 12.4. The lowest BCUT2D eigenvalue weighted by atomic mass is 10.1. The van der Waals surface area contributed by atoms with Crippen LogP contribution in [0.5, 0.6) is 0 Å². The van der Waals surface area contributed by atoms with Crippen molar-refractivity contribution in [2.24, 2.45) is 17.8 Å². The predicted octanol–water partition coefficient (Wildman–Crippen LogP) is 4.38. The molecule has 0 radical (unpaired) electrons. The minimum atomic E-state index is 0.204. The highest BCUT2D eigenvalue weighted by atomic mass is 79.9. The Labute approximate surface area is 122 Å². The van der Waals surface area contributed by atoms with Gasteiger partial charge in [-0.05, 0) is 55.7 Å². The van der Waals surface area contributed by atoms with Crippen LogP contribution in [-0.2, 0) is 4.79 Å². The van der Waals surface area contributed by atoms with E-state index in [2.05, 4.69) is 33.4 Å². The summed E-state index contributed by atoms with van der Waals surface area (Å²) in [6, 6.07) is 7.80. The lowest BCUT2D eigenvalue weighted by Crippen LogP contribution is -2.15. The van der Waals surface area contributed by atoms with Crippen LogP contribution in [0.2, 0.25) is 0 Å². The molecule has 0 aliphatic heterocycles. The van der Waals surface area contributed by atoms with E-state index in [1.165, 1.54) is 0 Å². The molecule has 3 rings (SSSR count). The number of nitrogens with one attached hydrogen (secondary N) is 1. The standard InChI is InChI=1S/C16H18BrNO/c17-11-6-5-7-12(10-11)18-16(19)15-13-8-3-1-2-4-9-14(13)15/h1-2,5-7,10,13-15H,3-4,8-9H2,(H,18,19)/t13-,14-/m0/s1. The number of fused-ring (bicyclic) bond motifs is 1. The molecule has 0 bridgehead atoms. The van der Waals surface area contributed by atoms with Gasteiger partial charge in [0.15, 0.2) is 0 Å². The van der Waals surface area contributed by atoms with E-state index >= 15 is 0 Å². The van der Waals surface area contributed by atoms with Crippen molar-refractivity contribution in [1.29, 1.82) is 0 Å². The summed E-state index contributed by atoms with van der Waals surface area (Å²) < 4.78 is 0.997. The first-order chi connectivity index (χ1) is 9.25. The Hall–Kier alpha value is -1.09. The quantitative estimate of drug-likeness (QED) is 0.805. The normalized spacial score (nSPS) is 29.0. The van der Waals surface area contributed by atoms with Gasteiger partial charge in [-0.2, -0.15) is 0 Å². The molecule has 2 aliphatic rings. The molecule has 0 unspecified atom stereocenters. The molecular formula is C16H18BrNO. The fourth-order valence-corrected chi connectivity index (χ4v) is 3.63. The number of hydrogen-bond donors (Lipinski definition) is 1. The minimum absolute atomic E-state index is 0.204. The van der Waals surface area contributed by atoms with Crippen molar-refractivity contribution in [3.05, 3.63) is 40.9 Å². The molecule has 0 saturated heterocycles. The molecule has 2 aliphatic carbocycles. The Kier molecular flexibility index (Phi) is 3.74. The van der Waals surface area contributed by atoms with Crippen molar-refractivity contribution >= 4 is 27.5 Å². The highest BCUT2D eigenvalue weighted by Crippen LogP contribution is 2.53. The molecule has 1 aromatic carbocycles. The lowest BCUT2D eigenvalue weighted by Gasteiger charge is -2.05. The third-order valence-corrected chi connectivity index (χ3v) is 4.72. The Morgan fingerprint density at radius 1 is 1.16 bits per heavy atom. The van der Waals surface area contributed by atoms with E-state index in [0.717, 1.165) is 35.8 Å². The molecule has 0 spiro atoms. The largest absolute Gasteiger partial charge is 0.326 e. The summed E-state index contributed by atoms with van der Waals surface area (Å²) in [6.07, 6.45) is 9.11. The summed E-state index contributed by atoms with van der Waals surface area (Å²) in [7, 11) is 0. The molecule has 0 aromatic heterocycles. The highest BCUT2D eigenvalue weighted by Gasteiger charge is 2.53. The maximum absolute atomic E-state index is 12.3. The van der Waals surface area contributed by atoms with Gasteiger partial charge in [0.1, 0.15) is 0 Å². The van der Waals surface area contributed by atoms with Crippen LogP contribution in [0.3, 0.4) is 0 Å². The van der Waals surface area contributed by atoms with Gasteiger partial charge in [-0.1, -0.05) is 34.1 Å². The number of rotatable bonds is 2. The third-order valence-electron chi connectivity index (χ3n) is 4.23. The molecule has 1 aromatic rings. The Balaban J connectivity index is 1.63. The number of carbonyl (C=O) groups excluding carboxylic acids is 1. The van der Waals surface area contributed by atoms with E-state index < -0.39 is 0 Å². The van der Waals surface area contributed by atoms with Crippen LogP contribution in [0.4, 0.5) is 5.69 Å². The summed E-state index contributed by atoms with van der Waals surface area (Å²) in [4.78, 5) is 12.3. The Morgan fingerprint density at radius 2 is 1.84 bits per heavy atom. The van der Waals surface area contributed by atoms with Crippen LogP contribution in [0, 0.1) is 17.8 Å². The van der Waals surface area contributed by atoms with Crippen LogP contribution in [0.1, 0.15) is 25.7 Å². The van der Waals surface area contributed by atoms with E-state index in [9.17, 15) is 4.79 Å². The van der Waals surface area contributed by atoms with Crippen molar-refractivity contribution in [3.8, 4) is 0 Å². The SMILES string of the molecule is O=C(Nc1cccc(Br)c1)C1[C@H]2CCC=CCC[C@H]12. The maximum atomic E-state index is 12.3. The van der Waals surface area contributed by atoms with Crippen LogP contribution in [0.15, 0.2) is 40.9 Å². The summed E-state index contributed by atoms with van der Waals surface area (Å²) in [5, 5.41) is 3.05. The van der Waals surface area contributed by atoms with Crippen molar-refractivity contribution in [1.82, 2.24) is 0 Å². The molecule has 100 valence electrons. The van der Waals surface area contributed by atoms with Crippen molar-refractivity contribution in [2.45, 2.75) is 25.7 Å². The van der Waals surface area contributed by atoms with Gasteiger partial charge in [0.2, 0.25) is 5.91 Å². The van der Waals surface area contributed by atoms with E-state index in [1.807, 2.05) is 24.3 Å². The average Bonchev–Trinajstić information content (AvgIpc) is 3.00. The summed E-state index contributed by atoms with van der Waals surface area (Å²) in [6.45, 7) is 0. The number of amides is 1. The lowest BCUT2D eigenvalue weighted by molar-refractivity contribution is -0.117. The van der Waals surface area contributed by atoms with Gasteiger partial charge in [-0.3, -0.25) is 4.79 Å². The van der Waals surface area contributed by atoms with Gasteiger partial charge in [0.05, 0.1) is 0 Å². The Bertz CT molecular complexity index is 495. The number of benzene rings is 1. The first-order valence-electron chi connectivity index (χ1n) is 6.97. The smallest absolute Gasteiger partial charge is 0.228 e. The molecular weight excluding hydrogens is 302 g/mol. The monoisotopic (exact) mass is 319 g/mol. The third kappa shape index (κ3) is 2.92. The average molecular weight is 320 g/mol. The molecule has 1 fully saturated rings. The molecule has 2 nitrogen and oxygen atoms in total. The first kappa shape index (κ1) is 12.9. The summed E-state index contributed by atoms with van der Waals surface area (Å²) in [5.74, 6) is 1.66. The molecule has 19 heavy (non-hydrogen) atoms. The number of hydrogen-bond acceptors (Lipinski definition) is 1. The second-order valence-corrected chi connectivity index (χ2v) is 6.39. The van der Waals surface area contributed by atoms with Gasteiger partial charge >= 0.3 is 0 Å². The first-order valence-corrected chi connectivity index (χ1v) is 7.76. The number of allylic oxidation sites excluding steroid dienone is 2. The van der Waals surface area contributed by atoms with Gasteiger partial charge < -0.3 is 5.32 Å².